The minimum absolute atomic E-state index is 0.00583. The van der Waals surface area contributed by atoms with Crippen molar-refractivity contribution in [2.24, 2.45) is 0 Å². The number of rotatable bonds is 3. The van der Waals surface area contributed by atoms with Crippen LogP contribution in [0.25, 0.3) is 17.2 Å². The van der Waals surface area contributed by atoms with Gasteiger partial charge in [0.15, 0.2) is 16.1 Å². The monoisotopic (exact) mass is 466 g/mol. The zero-order valence-corrected chi connectivity index (χ0v) is 17.6. The predicted octanol–water partition coefficient (Wildman–Crippen LogP) is 4.10. The zero-order chi connectivity index (χ0) is 20.7. The summed E-state index contributed by atoms with van der Waals surface area (Å²) in [5.74, 6) is 1.20. The molecule has 4 aromatic heterocycles. The summed E-state index contributed by atoms with van der Waals surface area (Å²) < 4.78 is 7.63. The molecular weight excluding hydrogens is 448 g/mol. The highest BCUT2D eigenvalue weighted by Gasteiger charge is 2.29. The van der Waals surface area contributed by atoms with Crippen LogP contribution in [0.15, 0.2) is 57.9 Å². The van der Waals surface area contributed by atoms with Gasteiger partial charge in [-0.25, -0.2) is 4.98 Å². The number of nitrogens with zero attached hydrogens (tertiary/aromatic N) is 5. The van der Waals surface area contributed by atoms with Crippen LogP contribution in [0.1, 0.15) is 41.2 Å². The van der Waals surface area contributed by atoms with Crippen LogP contribution in [0, 0.1) is 0 Å². The van der Waals surface area contributed by atoms with Gasteiger partial charge < -0.3 is 15.1 Å². The molecule has 1 saturated heterocycles. The van der Waals surface area contributed by atoms with E-state index in [1.807, 2.05) is 23.2 Å². The molecule has 0 aliphatic carbocycles. The van der Waals surface area contributed by atoms with Gasteiger partial charge in [0.05, 0.1) is 6.04 Å². The summed E-state index contributed by atoms with van der Waals surface area (Å²) in [4.78, 5) is 24.1. The molecule has 1 aliphatic rings. The van der Waals surface area contributed by atoms with Gasteiger partial charge in [-0.15, -0.1) is 5.10 Å². The van der Waals surface area contributed by atoms with Gasteiger partial charge in [0, 0.05) is 24.5 Å². The number of piperidine rings is 1. The van der Waals surface area contributed by atoms with Gasteiger partial charge in [-0.2, -0.15) is 4.52 Å². The normalized spacial score (nSPS) is 16.8. The fourth-order valence-corrected chi connectivity index (χ4v) is 4.24. The first-order valence-corrected chi connectivity index (χ1v) is 10.5. The fraction of sp³-hybridized carbons (Fsp3) is 0.238. The van der Waals surface area contributed by atoms with Gasteiger partial charge in [0.25, 0.3) is 5.91 Å². The smallest absolute Gasteiger partial charge is 0.254 e. The van der Waals surface area contributed by atoms with Crippen LogP contribution in [0.2, 0.25) is 0 Å². The minimum atomic E-state index is -0.0666. The van der Waals surface area contributed by atoms with Crippen LogP contribution in [0.3, 0.4) is 0 Å². The molecule has 8 nitrogen and oxygen atoms in total. The highest BCUT2D eigenvalue weighted by Crippen LogP contribution is 2.32. The number of amides is 1. The second kappa shape index (κ2) is 7.56. The quantitative estimate of drug-likeness (QED) is 0.487. The second-order valence-electron chi connectivity index (χ2n) is 7.27. The van der Waals surface area contributed by atoms with Gasteiger partial charge in [0.2, 0.25) is 5.82 Å². The third-order valence-corrected chi connectivity index (χ3v) is 5.76. The average Bonchev–Trinajstić information content (AvgIpc) is 3.40. The van der Waals surface area contributed by atoms with Crippen molar-refractivity contribution in [3.63, 3.8) is 0 Å². The lowest BCUT2D eigenvalue weighted by molar-refractivity contribution is 0.0611. The number of likely N-dealkylation sites (tertiary alicyclic amines) is 1. The molecule has 30 heavy (non-hydrogen) atoms. The van der Waals surface area contributed by atoms with E-state index >= 15 is 0 Å². The number of carbonyl (C=O) groups excluding carboxylic acids is 1. The first-order valence-electron chi connectivity index (χ1n) is 9.73. The summed E-state index contributed by atoms with van der Waals surface area (Å²) in [6, 6.07) is 10.9. The van der Waals surface area contributed by atoms with Crippen molar-refractivity contribution in [1.82, 2.24) is 24.5 Å². The number of hydrogen-bond donors (Lipinski definition) is 1. The van der Waals surface area contributed by atoms with Gasteiger partial charge in [0.1, 0.15) is 5.82 Å². The molecular formula is C21H19BrN6O2. The molecule has 5 rings (SSSR count). The molecule has 1 fully saturated rings. The first kappa shape index (κ1) is 18.8. The Morgan fingerprint density at radius 3 is 2.90 bits per heavy atom. The Labute approximate surface area is 180 Å². The summed E-state index contributed by atoms with van der Waals surface area (Å²) in [7, 11) is 0. The lowest BCUT2D eigenvalue weighted by atomic mass is 9.95. The molecule has 0 spiro atoms. The molecule has 0 bridgehead atoms. The van der Waals surface area contributed by atoms with Gasteiger partial charge >= 0.3 is 0 Å². The van der Waals surface area contributed by atoms with Gasteiger partial charge in [-0.3, -0.25) is 9.78 Å². The van der Waals surface area contributed by atoms with E-state index in [0.29, 0.717) is 39.8 Å². The topological polar surface area (TPSA) is 103 Å². The Hall–Kier alpha value is -3.20. The van der Waals surface area contributed by atoms with E-state index < -0.39 is 0 Å². The van der Waals surface area contributed by atoms with Crippen LogP contribution < -0.4 is 5.73 Å². The Morgan fingerprint density at radius 2 is 2.13 bits per heavy atom. The molecule has 5 heterocycles. The lowest BCUT2D eigenvalue weighted by Crippen LogP contribution is -2.38. The maximum Gasteiger partial charge on any atom is 0.254 e. The minimum Gasteiger partial charge on any atom is -0.446 e. The van der Waals surface area contributed by atoms with Crippen molar-refractivity contribution in [2.45, 2.75) is 25.3 Å². The van der Waals surface area contributed by atoms with Crippen LogP contribution in [0.4, 0.5) is 5.82 Å². The van der Waals surface area contributed by atoms with Crippen LogP contribution in [-0.2, 0) is 0 Å². The van der Waals surface area contributed by atoms with Crippen molar-refractivity contribution >= 4 is 33.3 Å². The van der Waals surface area contributed by atoms with Crippen molar-refractivity contribution in [3.05, 3.63) is 64.6 Å². The highest BCUT2D eigenvalue weighted by atomic mass is 79.9. The Kier molecular flexibility index (Phi) is 4.74. The molecule has 0 radical (unpaired) electrons. The van der Waals surface area contributed by atoms with Gasteiger partial charge in [-0.05, 0) is 71.1 Å². The van der Waals surface area contributed by atoms with E-state index in [-0.39, 0.29) is 11.9 Å². The predicted molar refractivity (Wildman–Crippen MR) is 115 cm³/mol. The fourth-order valence-electron chi connectivity index (χ4n) is 3.93. The van der Waals surface area contributed by atoms with Crippen LogP contribution >= 0.6 is 15.9 Å². The zero-order valence-electron chi connectivity index (χ0n) is 16.0. The molecule has 1 aliphatic heterocycles. The van der Waals surface area contributed by atoms with E-state index in [9.17, 15) is 4.79 Å². The largest absolute Gasteiger partial charge is 0.446 e. The number of furan rings is 1. The molecule has 2 N–H and O–H groups in total. The molecule has 4 aromatic rings. The number of nitrogen functional groups attached to an aromatic ring is 1. The summed E-state index contributed by atoms with van der Waals surface area (Å²) in [5, 5.41) is 4.40. The molecule has 9 heteroatoms. The maximum absolute atomic E-state index is 13.4. The number of halogens is 1. The standard InChI is InChI=1S/C21H19BrN6O2/c22-17-7-6-16(30-17)20-25-19-11-14(10-18(23)28(19)26-20)21(29)27-9-2-1-5-15(27)13-4-3-8-24-12-13/h3-4,6-8,10-12,15H,1-2,5,9,23H2. The number of anilines is 1. The number of nitrogens with two attached hydrogens (primary N) is 1. The summed E-state index contributed by atoms with van der Waals surface area (Å²) in [6.07, 6.45) is 6.55. The van der Waals surface area contributed by atoms with Crippen molar-refractivity contribution in [3.8, 4) is 11.6 Å². The second-order valence-corrected chi connectivity index (χ2v) is 8.06. The number of hydrogen-bond acceptors (Lipinski definition) is 6. The summed E-state index contributed by atoms with van der Waals surface area (Å²) >= 11 is 3.28. The molecule has 152 valence electrons. The van der Waals surface area contributed by atoms with Crippen LogP contribution in [0.5, 0.6) is 0 Å². The van der Waals surface area contributed by atoms with Crippen molar-refractivity contribution in [1.29, 1.82) is 0 Å². The summed E-state index contributed by atoms with van der Waals surface area (Å²) in [6.45, 7) is 0.696. The third kappa shape index (κ3) is 3.35. The summed E-state index contributed by atoms with van der Waals surface area (Å²) in [5.41, 5.74) is 8.25. The first-order chi connectivity index (χ1) is 14.6. The Bertz CT molecular complexity index is 1220. The molecule has 0 saturated carbocycles. The van der Waals surface area contributed by atoms with E-state index in [2.05, 4.69) is 31.0 Å². The van der Waals surface area contributed by atoms with Crippen molar-refractivity contribution < 1.29 is 9.21 Å². The molecule has 1 amide bonds. The third-order valence-electron chi connectivity index (χ3n) is 5.34. The molecule has 0 aromatic carbocycles. The van der Waals surface area contributed by atoms with E-state index in [4.69, 9.17) is 10.2 Å². The lowest BCUT2D eigenvalue weighted by Gasteiger charge is -2.36. The molecule has 1 unspecified atom stereocenters. The maximum atomic E-state index is 13.4. The van der Waals surface area contributed by atoms with Crippen LogP contribution in [-0.4, -0.2) is 36.9 Å². The molecule has 1 atom stereocenters. The SMILES string of the molecule is Nc1cc(C(=O)N2CCCCC2c2cccnc2)cc2nc(-c3ccc(Br)o3)nn12. The van der Waals surface area contributed by atoms with E-state index in [1.165, 1.54) is 4.52 Å². The Morgan fingerprint density at radius 1 is 1.23 bits per heavy atom. The Balaban J connectivity index is 1.51. The number of fused-ring (bicyclic) bond motifs is 1. The van der Waals surface area contributed by atoms with E-state index in [1.54, 1.807) is 30.5 Å². The van der Waals surface area contributed by atoms with E-state index in [0.717, 1.165) is 24.8 Å². The highest BCUT2D eigenvalue weighted by molar-refractivity contribution is 9.10. The number of aromatic nitrogens is 4. The number of pyridine rings is 2. The van der Waals surface area contributed by atoms with Gasteiger partial charge in [-0.1, -0.05) is 6.07 Å². The van der Waals surface area contributed by atoms with Crippen molar-refractivity contribution in [2.75, 3.05) is 12.3 Å². The number of carbonyl (C=O) groups is 1. The average molecular weight is 467 g/mol.